The highest BCUT2D eigenvalue weighted by Crippen LogP contribution is 2.22. The molecular formula is C18H26FN3O2. The zero-order chi connectivity index (χ0) is 17.7. The molecule has 0 aliphatic carbocycles. The molecule has 1 heterocycles. The molecule has 1 aromatic rings. The topological polar surface area (TPSA) is 52.7 Å². The number of carbonyl (C=O) groups excluding carboxylic acids is 2. The van der Waals surface area contributed by atoms with Crippen molar-refractivity contribution in [1.82, 2.24) is 10.2 Å². The van der Waals surface area contributed by atoms with E-state index in [9.17, 15) is 14.0 Å². The van der Waals surface area contributed by atoms with Gasteiger partial charge >= 0.3 is 0 Å². The number of hydrogen-bond acceptors (Lipinski definition) is 4. The van der Waals surface area contributed by atoms with Crippen LogP contribution in [0.2, 0.25) is 0 Å². The minimum absolute atomic E-state index is 0.0362. The van der Waals surface area contributed by atoms with E-state index in [-0.39, 0.29) is 17.5 Å². The minimum atomic E-state index is -0.370. The second kappa shape index (κ2) is 8.24. The molecule has 1 N–H and O–H groups in total. The molecule has 1 aliphatic rings. The largest absolute Gasteiger partial charge is 0.367 e. The van der Waals surface area contributed by atoms with Crippen LogP contribution in [-0.2, 0) is 4.79 Å². The van der Waals surface area contributed by atoms with E-state index in [1.807, 2.05) is 4.90 Å². The molecular weight excluding hydrogens is 309 g/mol. The number of amides is 1. The first-order valence-corrected chi connectivity index (χ1v) is 8.41. The number of benzene rings is 1. The fraction of sp³-hybridized carbons (Fsp3) is 0.556. The number of rotatable bonds is 6. The third-order valence-corrected chi connectivity index (χ3v) is 4.14. The molecule has 0 atom stereocenters. The Kier molecular flexibility index (Phi) is 6.31. The standard InChI is InChI=1S/C18H26FN3O2/c1-13(2)11-20-18(24)12-21-6-8-22(9-7-21)17-5-4-15(14(3)23)10-16(17)19/h4-5,10,13H,6-9,11-12H2,1-3H3,(H,20,24). The summed E-state index contributed by atoms with van der Waals surface area (Å²) in [5.41, 5.74) is 0.903. The Morgan fingerprint density at radius 1 is 1.21 bits per heavy atom. The number of nitrogens with one attached hydrogen (secondary N) is 1. The van der Waals surface area contributed by atoms with Crippen molar-refractivity contribution in [1.29, 1.82) is 0 Å². The first-order valence-electron chi connectivity index (χ1n) is 8.41. The minimum Gasteiger partial charge on any atom is -0.367 e. The van der Waals surface area contributed by atoms with Crippen molar-refractivity contribution in [3.8, 4) is 0 Å². The van der Waals surface area contributed by atoms with Crippen LogP contribution in [0.1, 0.15) is 31.1 Å². The van der Waals surface area contributed by atoms with Gasteiger partial charge in [-0.3, -0.25) is 14.5 Å². The number of nitrogens with zero attached hydrogens (tertiary/aromatic N) is 2. The maximum atomic E-state index is 14.2. The van der Waals surface area contributed by atoms with Gasteiger partial charge in [0, 0.05) is 38.3 Å². The second-order valence-corrected chi connectivity index (χ2v) is 6.68. The number of carbonyl (C=O) groups is 2. The van der Waals surface area contributed by atoms with Gasteiger partial charge in [0.15, 0.2) is 5.78 Å². The molecule has 0 bridgehead atoms. The molecule has 1 fully saturated rings. The quantitative estimate of drug-likeness (QED) is 0.807. The summed E-state index contributed by atoms with van der Waals surface area (Å²) in [5.74, 6) is -0.0376. The number of anilines is 1. The van der Waals surface area contributed by atoms with Crippen LogP contribution in [0.25, 0.3) is 0 Å². The predicted octanol–water partition coefficient (Wildman–Crippen LogP) is 1.92. The van der Waals surface area contributed by atoms with E-state index in [4.69, 9.17) is 0 Å². The van der Waals surface area contributed by atoms with E-state index in [0.29, 0.717) is 56.4 Å². The van der Waals surface area contributed by atoms with Gasteiger partial charge in [-0.1, -0.05) is 13.8 Å². The summed E-state index contributed by atoms with van der Waals surface area (Å²) in [6.45, 7) is 9.36. The Labute approximate surface area is 142 Å². The number of halogens is 1. The van der Waals surface area contributed by atoms with Gasteiger partial charge in [0.05, 0.1) is 12.2 Å². The first-order chi connectivity index (χ1) is 11.4. The Hall–Kier alpha value is -1.95. The highest BCUT2D eigenvalue weighted by atomic mass is 19.1. The Morgan fingerprint density at radius 2 is 1.88 bits per heavy atom. The van der Waals surface area contributed by atoms with Crippen LogP contribution in [0.4, 0.5) is 10.1 Å². The highest BCUT2D eigenvalue weighted by molar-refractivity contribution is 5.94. The highest BCUT2D eigenvalue weighted by Gasteiger charge is 2.21. The average Bonchev–Trinajstić information content (AvgIpc) is 2.53. The molecule has 6 heteroatoms. The summed E-state index contributed by atoms with van der Waals surface area (Å²) < 4.78 is 14.2. The zero-order valence-corrected chi connectivity index (χ0v) is 14.6. The van der Waals surface area contributed by atoms with E-state index in [1.54, 1.807) is 12.1 Å². The van der Waals surface area contributed by atoms with Crippen LogP contribution in [0.3, 0.4) is 0 Å². The summed E-state index contributed by atoms with van der Waals surface area (Å²) in [6, 6.07) is 4.62. The molecule has 1 amide bonds. The molecule has 0 spiro atoms. The number of hydrogen-bond donors (Lipinski definition) is 1. The zero-order valence-electron chi connectivity index (χ0n) is 14.6. The van der Waals surface area contributed by atoms with Crippen molar-refractivity contribution in [2.24, 2.45) is 5.92 Å². The lowest BCUT2D eigenvalue weighted by molar-refractivity contribution is -0.122. The smallest absolute Gasteiger partial charge is 0.234 e. The van der Waals surface area contributed by atoms with E-state index in [2.05, 4.69) is 24.1 Å². The van der Waals surface area contributed by atoms with Gasteiger partial charge in [-0.25, -0.2) is 4.39 Å². The van der Waals surface area contributed by atoms with Gasteiger partial charge in [0.25, 0.3) is 0 Å². The second-order valence-electron chi connectivity index (χ2n) is 6.68. The number of piperazine rings is 1. The first kappa shape index (κ1) is 18.4. The fourth-order valence-corrected chi connectivity index (χ4v) is 2.71. The molecule has 132 valence electrons. The molecule has 0 radical (unpaired) electrons. The van der Waals surface area contributed by atoms with Crippen molar-refractivity contribution < 1.29 is 14.0 Å². The van der Waals surface area contributed by atoms with Crippen LogP contribution in [0.15, 0.2) is 18.2 Å². The van der Waals surface area contributed by atoms with Crippen molar-refractivity contribution >= 4 is 17.4 Å². The van der Waals surface area contributed by atoms with Gasteiger partial charge in [0.1, 0.15) is 5.82 Å². The van der Waals surface area contributed by atoms with Crippen molar-refractivity contribution in [3.63, 3.8) is 0 Å². The lowest BCUT2D eigenvalue weighted by Gasteiger charge is -2.35. The van der Waals surface area contributed by atoms with Gasteiger partial charge in [0.2, 0.25) is 5.91 Å². The summed E-state index contributed by atoms with van der Waals surface area (Å²) in [4.78, 5) is 27.2. The third kappa shape index (κ3) is 5.03. The summed E-state index contributed by atoms with van der Waals surface area (Å²) in [7, 11) is 0. The Balaban J connectivity index is 1.86. The van der Waals surface area contributed by atoms with E-state index >= 15 is 0 Å². The molecule has 0 unspecified atom stereocenters. The monoisotopic (exact) mass is 335 g/mol. The number of ketones is 1. The Bertz CT molecular complexity index is 596. The molecule has 5 nitrogen and oxygen atoms in total. The van der Waals surface area contributed by atoms with Gasteiger partial charge in [-0.15, -0.1) is 0 Å². The van der Waals surface area contributed by atoms with E-state index < -0.39 is 0 Å². The molecule has 1 saturated heterocycles. The maximum absolute atomic E-state index is 14.2. The molecule has 0 aromatic heterocycles. The van der Waals surface area contributed by atoms with Gasteiger partial charge in [-0.05, 0) is 31.0 Å². The molecule has 0 saturated carbocycles. The van der Waals surface area contributed by atoms with Crippen LogP contribution in [-0.4, -0.2) is 55.9 Å². The molecule has 24 heavy (non-hydrogen) atoms. The van der Waals surface area contributed by atoms with Gasteiger partial charge < -0.3 is 10.2 Å². The fourth-order valence-electron chi connectivity index (χ4n) is 2.71. The molecule has 2 rings (SSSR count). The van der Waals surface area contributed by atoms with Crippen molar-refractivity contribution in [2.45, 2.75) is 20.8 Å². The van der Waals surface area contributed by atoms with Crippen LogP contribution >= 0.6 is 0 Å². The van der Waals surface area contributed by atoms with Crippen LogP contribution in [0.5, 0.6) is 0 Å². The van der Waals surface area contributed by atoms with E-state index in [1.165, 1.54) is 13.0 Å². The summed E-state index contributed by atoms with van der Waals surface area (Å²) in [5, 5.41) is 2.91. The lowest BCUT2D eigenvalue weighted by atomic mass is 10.1. The predicted molar refractivity (Wildman–Crippen MR) is 92.9 cm³/mol. The number of Topliss-reactive ketones (excluding diaryl/α,β-unsaturated/α-hetero) is 1. The SMILES string of the molecule is CC(=O)c1ccc(N2CCN(CC(=O)NCC(C)C)CC2)c(F)c1. The van der Waals surface area contributed by atoms with Gasteiger partial charge in [-0.2, -0.15) is 0 Å². The molecule has 1 aliphatic heterocycles. The van der Waals surface area contributed by atoms with E-state index in [0.717, 1.165) is 0 Å². The Morgan fingerprint density at radius 3 is 2.42 bits per heavy atom. The molecule has 1 aromatic carbocycles. The lowest BCUT2D eigenvalue weighted by Crippen LogP contribution is -2.50. The average molecular weight is 335 g/mol. The van der Waals surface area contributed by atoms with Crippen molar-refractivity contribution in [2.75, 3.05) is 44.2 Å². The van der Waals surface area contributed by atoms with Crippen LogP contribution in [0, 0.1) is 11.7 Å². The third-order valence-electron chi connectivity index (χ3n) is 4.14. The van der Waals surface area contributed by atoms with Crippen LogP contribution < -0.4 is 10.2 Å². The summed E-state index contributed by atoms with van der Waals surface area (Å²) >= 11 is 0. The maximum Gasteiger partial charge on any atom is 0.234 e. The van der Waals surface area contributed by atoms with Crippen molar-refractivity contribution in [3.05, 3.63) is 29.6 Å². The summed E-state index contributed by atoms with van der Waals surface area (Å²) in [6.07, 6.45) is 0. The normalized spacial score (nSPS) is 15.6.